The zero-order valence-corrected chi connectivity index (χ0v) is 14.0. The van der Waals surface area contributed by atoms with E-state index in [1.165, 1.54) is 5.56 Å². The third kappa shape index (κ3) is 3.93. The van der Waals surface area contributed by atoms with E-state index in [0.717, 1.165) is 16.7 Å². The Morgan fingerprint density at radius 1 is 1.04 bits per heavy atom. The highest BCUT2D eigenvalue weighted by Gasteiger charge is 2.13. The van der Waals surface area contributed by atoms with Gasteiger partial charge in [-0.05, 0) is 25.0 Å². The van der Waals surface area contributed by atoms with Crippen LogP contribution in [0.15, 0.2) is 53.1 Å². The van der Waals surface area contributed by atoms with Gasteiger partial charge in [0.1, 0.15) is 5.75 Å². The molecule has 118 valence electrons. The smallest absolute Gasteiger partial charge is 0.239 e. The maximum absolute atomic E-state index is 12.3. The Labute approximate surface area is 138 Å². The number of rotatable bonds is 5. The van der Waals surface area contributed by atoms with Gasteiger partial charge in [-0.2, -0.15) is 4.98 Å². The van der Waals surface area contributed by atoms with Gasteiger partial charge in [-0.15, -0.1) is 0 Å². The molecule has 0 N–H and O–H groups in total. The van der Waals surface area contributed by atoms with Gasteiger partial charge in [0, 0.05) is 22.1 Å². The highest BCUT2D eigenvalue weighted by atomic mass is 32.2. The average molecular weight is 326 g/mol. The van der Waals surface area contributed by atoms with Gasteiger partial charge < -0.3 is 4.52 Å². The van der Waals surface area contributed by atoms with Gasteiger partial charge in [0.15, 0.2) is 0 Å². The molecular weight excluding hydrogens is 308 g/mol. The molecule has 0 aliphatic heterocycles. The Bertz CT molecular complexity index is 842. The fourth-order valence-electron chi connectivity index (χ4n) is 2.42. The first-order chi connectivity index (χ1) is 11.1. The van der Waals surface area contributed by atoms with Crippen molar-refractivity contribution >= 4 is 10.8 Å². The molecule has 1 atom stereocenters. The van der Waals surface area contributed by atoms with Crippen LogP contribution in [0, 0.1) is 13.8 Å². The van der Waals surface area contributed by atoms with E-state index < -0.39 is 10.8 Å². The van der Waals surface area contributed by atoms with Gasteiger partial charge >= 0.3 is 0 Å². The Balaban J connectivity index is 1.69. The molecule has 0 saturated heterocycles. The van der Waals surface area contributed by atoms with Gasteiger partial charge in [0.05, 0.1) is 0 Å². The van der Waals surface area contributed by atoms with Crippen LogP contribution in [0.1, 0.15) is 22.6 Å². The van der Waals surface area contributed by atoms with Crippen molar-refractivity contribution in [2.24, 2.45) is 0 Å². The zero-order chi connectivity index (χ0) is 16.2. The third-order valence-electron chi connectivity index (χ3n) is 3.55. The van der Waals surface area contributed by atoms with Crippen LogP contribution < -0.4 is 0 Å². The van der Waals surface area contributed by atoms with E-state index in [1.54, 1.807) is 0 Å². The molecule has 0 fully saturated rings. The van der Waals surface area contributed by atoms with Crippen LogP contribution >= 0.6 is 0 Å². The quantitative estimate of drug-likeness (QED) is 0.715. The van der Waals surface area contributed by atoms with E-state index in [0.29, 0.717) is 17.5 Å². The first-order valence-corrected chi connectivity index (χ1v) is 8.90. The topological polar surface area (TPSA) is 56.0 Å². The molecule has 0 saturated carbocycles. The summed E-state index contributed by atoms with van der Waals surface area (Å²) < 4.78 is 17.5. The van der Waals surface area contributed by atoms with E-state index in [1.807, 2.05) is 62.4 Å². The lowest BCUT2D eigenvalue weighted by atomic mass is 10.1. The Kier molecular flexibility index (Phi) is 4.67. The number of aromatic nitrogens is 2. The molecule has 5 heteroatoms. The molecule has 1 heterocycles. The minimum absolute atomic E-state index is 0.271. The van der Waals surface area contributed by atoms with Crippen molar-refractivity contribution in [1.82, 2.24) is 10.1 Å². The molecule has 1 aromatic heterocycles. The number of aryl methyl sites for hydroxylation is 2. The van der Waals surface area contributed by atoms with Crippen molar-refractivity contribution in [2.45, 2.75) is 25.4 Å². The predicted octanol–water partition coefficient (Wildman–Crippen LogP) is 3.80. The summed E-state index contributed by atoms with van der Waals surface area (Å²) in [5.74, 6) is 1.72. The Hall–Kier alpha value is -2.27. The maximum Gasteiger partial charge on any atom is 0.239 e. The third-order valence-corrected chi connectivity index (χ3v) is 4.77. The molecule has 0 unspecified atom stereocenters. The number of hydrogen-bond donors (Lipinski definition) is 0. The first-order valence-electron chi connectivity index (χ1n) is 7.41. The molecule has 0 aliphatic carbocycles. The monoisotopic (exact) mass is 326 g/mol. The van der Waals surface area contributed by atoms with E-state index in [-0.39, 0.29) is 5.75 Å². The second-order valence-electron chi connectivity index (χ2n) is 5.54. The summed E-state index contributed by atoms with van der Waals surface area (Å²) in [4.78, 5) is 4.37. The lowest BCUT2D eigenvalue weighted by molar-refractivity contribution is 0.390. The molecule has 0 bridgehead atoms. The van der Waals surface area contributed by atoms with Crippen molar-refractivity contribution in [3.05, 3.63) is 71.1 Å². The predicted molar refractivity (Wildman–Crippen MR) is 91.2 cm³/mol. The minimum atomic E-state index is -1.07. The molecule has 0 aliphatic rings. The van der Waals surface area contributed by atoms with Crippen LogP contribution in [0.5, 0.6) is 0 Å². The SMILES string of the molecule is Cc1cccc(C[S@](=O)Cc2nc(-c3ccccc3C)no2)c1. The first kappa shape index (κ1) is 15.6. The molecule has 2 aromatic carbocycles. The normalized spacial score (nSPS) is 12.3. The van der Waals surface area contributed by atoms with Gasteiger partial charge in [-0.3, -0.25) is 4.21 Å². The minimum Gasteiger partial charge on any atom is -0.338 e. The van der Waals surface area contributed by atoms with Crippen LogP contribution in [-0.2, 0) is 22.3 Å². The summed E-state index contributed by atoms with van der Waals surface area (Å²) >= 11 is 0. The fraction of sp³-hybridized carbons (Fsp3) is 0.222. The van der Waals surface area contributed by atoms with Crippen molar-refractivity contribution < 1.29 is 8.73 Å². The van der Waals surface area contributed by atoms with E-state index in [4.69, 9.17) is 4.52 Å². The largest absolute Gasteiger partial charge is 0.338 e. The Morgan fingerprint density at radius 3 is 2.65 bits per heavy atom. The highest BCUT2D eigenvalue weighted by Crippen LogP contribution is 2.20. The lowest BCUT2D eigenvalue weighted by Gasteiger charge is -2.01. The summed E-state index contributed by atoms with van der Waals surface area (Å²) in [6.07, 6.45) is 0. The molecule has 0 amide bonds. The maximum atomic E-state index is 12.3. The summed E-state index contributed by atoms with van der Waals surface area (Å²) in [7, 11) is -1.07. The van der Waals surface area contributed by atoms with Crippen molar-refractivity contribution in [3.63, 3.8) is 0 Å². The van der Waals surface area contributed by atoms with Crippen LogP contribution in [-0.4, -0.2) is 14.3 Å². The zero-order valence-electron chi connectivity index (χ0n) is 13.2. The lowest BCUT2D eigenvalue weighted by Crippen LogP contribution is -2.00. The number of hydrogen-bond acceptors (Lipinski definition) is 4. The van der Waals surface area contributed by atoms with Crippen LogP contribution in [0.25, 0.3) is 11.4 Å². The number of benzene rings is 2. The van der Waals surface area contributed by atoms with Gasteiger partial charge in [-0.25, -0.2) is 0 Å². The van der Waals surface area contributed by atoms with E-state index in [9.17, 15) is 4.21 Å². The summed E-state index contributed by atoms with van der Waals surface area (Å²) in [6.45, 7) is 4.03. The highest BCUT2D eigenvalue weighted by molar-refractivity contribution is 7.83. The molecule has 23 heavy (non-hydrogen) atoms. The molecule has 3 rings (SSSR count). The van der Waals surface area contributed by atoms with Gasteiger partial charge in [0.25, 0.3) is 0 Å². The molecular formula is C18H18N2O2S. The van der Waals surface area contributed by atoms with Crippen LogP contribution in [0.2, 0.25) is 0 Å². The summed E-state index contributed by atoms with van der Waals surface area (Å²) in [6, 6.07) is 15.9. The van der Waals surface area contributed by atoms with Crippen molar-refractivity contribution in [1.29, 1.82) is 0 Å². The molecule has 4 nitrogen and oxygen atoms in total. The van der Waals surface area contributed by atoms with Gasteiger partial charge in [0.2, 0.25) is 11.7 Å². The molecule has 0 spiro atoms. The Morgan fingerprint density at radius 2 is 1.87 bits per heavy atom. The summed E-state index contributed by atoms with van der Waals surface area (Å²) in [5, 5.41) is 4.00. The standard InChI is InChI=1S/C18H18N2O2S/c1-13-6-5-8-15(10-13)11-23(21)12-17-19-18(20-22-17)16-9-4-3-7-14(16)2/h3-10H,11-12H2,1-2H3/t23-/m0/s1. The molecule has 3 aromatic rings. The fourth-order valence-corrected chi connectivity index (χ4v) is 3.47. The second kappa shape index (κ2) is 6.87. The van der Waals surface area contributed by atoms with Crippen molar-refractivity contribution in [2.75, 3.05) is 0 Å². The molecule has 0 radical (unpaired) electrons. The van der Waals surface area contributed by atoms with E-state index >= 15 is 0 Å². The van der Waals surface area contributed by atoms with Crippen molar-refractivity contribution in [3.8, 4) is 11.4 Å². The average Bonchev–Trinajstić information content (AvgIpc) is 2.95. The second-order valence-corrected chi connectivity index (χ2v) is 7.00. The van der Waals surface area contributed by atoms with Crippen LogP contribution in [0.3, 0.4) is 0 Å². The summed E-state index contributed by atoms with van der Waals surface area (Å²) in [5.41, 5.74) is 4.24. The van der Waals surface area contributed by atoms with Crippen LogP contribution in [0.4, 0.5) is 0 Å². The number of nitrogens with zero attached hydrogens (tertiary/aromatic N) is 2. The van der Waals surface area contributed by atoms with Gasteiger partial charge in [-0.1, -0.05) is 59.3 Å². The van der Waals surface area contributed by atoms with E-state index in [2.05, 4.69) is 10.1 Å².